The molecular weight excluding hydrogens is 384 g/mol. The van der Waals surface area contributed by atoms with Crippen LogP contribution in [0.15, 0.2) is 45.6 Å². The van der Waals surface area contributed by atoms with Crippen LogP contribution in [0.4, 0.5) is 0 Å². The summed E-state index contributed by atoms with van der Waals surface area (Å²) in [5.41, 5.74) is 0.562. The van der Waals surface area contributed by atoms with Crippen molar-refractivity contribution in [3.63, 3.8) is 0 Å². The van der Waals surface area contributed by atoms with E-state index in [1.54, 1.807) is 40.8 Å². The Balaban J connectivity index is 1.44. The molecule has 3 aromatic rings. The second-order valence-electron chi connectivity index (χ2n) is 7.97. The molecular formula is C22H22N4O4. The van der Waals surface area contributed by atoms with Gasteiger partial charge in [0.2, 0.25) is 0 Å². The fraction of sp³-hybridized carbons (Fsp3) is 0.364. The summed E-state index contributed by atoms with van der Waals surface area (Å²) in [5, 5.41) is 8.75. The van der Waals surface area contributed by atoms with Crippen molar-refractivity contribution in [3.05, 3.63) is 64.1 Å². The second-order valence-corrected chi connectivity index (χ2v) is 7.97. The summed E-state index contributed by atoms with van der Waals surface area (Å²) < 4.78 is 12.4. The van der Waals surface area contributed by atoms with Crippen molar-refractivity contribution in [1.29, 1.82) is 0 Å². The van der Waals surface area contributed by atoms with Crippen LogP contribution >= 0.6 is 0 Å². The first-order valence-corrected chi connectivity index (χ1v) is 9.99. The number of ether oxygens (including phenoxy) is 1. The van der Waals surface area contributed by atoms with Crippen LogP contribution in [-0.2, 0) is 12.0 Å². The van der Waals surface area contributed by atoms with Gasteiger partial charge >= 0.3 is 0 Å². The molecule has 1 amide bonds. The molecule has 1 saturated heterocycles. The zero-order chi connectivity index (χ0) is 20.9. The molecule has 0 radical (unpaired) electrons. The minimum Gasteiger partial charge on any atom is -0.497 e. The lowest BCUT2D eigenvalue weighted by atomic mass is 9.85. The lowest BCUT2D eigenvalue weighted by Crippen LogP contribution is -2.35. The minimum absolute atomic E-state index is 0.122. The van der Waals surface area contributed by atoms with Crippen LogP contribution in [-0.4, -0.2) is 45.8 Å². The highest BCUT2D eigenvalue weighted by atomic mass is 16.5. The number of furan rings is 1. The van der Waals surface area contributed by atoms with Crippen molar-refractivity contribution in [2.24, 2.45) is 0 Å². The fourth-order valence-corrected chi connectivity index (χ4v) is 4.52. The first kappa shape index (κ1) is 18.6. The molecule has 0 bridgehead atoms. The van der Waals surface area contributed by atoms with E-state index in [1.165, 1.54) is 0 Å². The highest BCUT2D eigenvalue weighted by Crippen LogP contribution is 2.41. The zero-order valence-electron chi connectivity index (χ0n) is 16.9. The van der Waals surface area contributed by atoms with Gasteiger partial charge in [-0.25, -0.2) is 0 Å². The molecule has 1 fully saturated rings. The van der Waals surface area contributed by atoms with E-state index in [1.807, 2.05) is 19.1 Å². The maximum atomic E-state index is 13.1. The predicted molar refractivity (Wildman–Crippen MR) is 109 cm³/mol. The quantitative estimate of drug-likeness (QED) is 0.663. The minimum atomic E-state index is -0.331. The Morgan fingerprint density at radius 1 is 1.10 bits per heavy atom. The maximum Gasteiger partial charge on any atom is 0.289 e. The number of amides is 1. The molecule has 4 heterocycles. The topological polar surface area (TPSA) is 90.5 Å². The number of carbonyl (C=O) groups is 1. The third-order valence-corrected chi connectivity index (χ3v) is 6.19. The Bertz CT molecular complexity index is 1180. The molecule has 0 aliphatic carbocycles. The van der Waals surface area contributed by atoms with Gasteiger partial charge in [-0.3, -0.25) is 14.2 Å². The van der Waals surface area contributed by atoms with Crippen molar-refractivity contribution >= 4 is 5.91 Å². The van der Waals surface area contributed by atoms with Crippen molar-refractivity contribution < 1.29 is 13.9 Å². The fourth-order valence-electron chi connectivity index (χ4n) is 4.52. The van der Waals surface area contributed by atoms with Gasteiger partial charge in [0, 0.05) is 25.2 Å². The number of carbonyl (C=O) groups excluding carboxylic acids is 1. The van der Waals surface area contributed by atoms with Crippen molar-refractivity contribution in [2.45, 2.75) is 31.7 Å². The summed E-state index contributed by atoms with van der Waals surface area (Å²) in [7, 11) is 1.60. The average molecular weight is 406 g/mol. The molecule has 2 aliphatic rings. The van der Waals surface area contributed by atoms with E-state index >= 15 is 0 Å². The van der Waals surface area contributed by atoms with Gasteiger partial charge in [0.25, 0.3) is 11.5 Å². The molecule has 1 spiro atoms. The van der Waals surface area contributed by atoms with E-state index in [0.717, 1.165) is 18.6 Å². The van der Waals surface area contributed by atoms with Crippen LogP contribution in [0.5, 0.6) is 5.75 Å². The molecule has 5 rings (SSSR count). The SMILES string of the molecule is COc1ccc(-c2nnc3n(c2=O)CC[C@]32CCN(C(=O)c3ccc(C)o3)C2)cc1. The molecule has 0 N–H and O–H groups in total. The molecule has 8 nitrogen and oxygen atoms in total. The summed E-state index contributed by atoms with van der Waals surface area (Å²) in [6, 6.07) is 10.7. The van der Waals surface area contributed by atoms with Gasteiger partial charge in [-0.05, 0) is 56.2 Å². The summed E-state index contributed by atoms with van der Waals surface area (Å²) in [6.07, 6.45) is 1.53. The number of fused-ring (bicyclic) bond motifs is 2. The smallest absolute Gasteiger partial charge is 0.289 e. The number of aromatic nitrogens is 3. The number of benzene rings is 1. The predicted octanol–water partition coefficient (Wildman–Crippen LogP) is 2.40. The Hall–Kier alpha value is -3.42. The van der Waals surface area contributed by atoms with E-state index in [9.17, 15) is 9.59 Å². The largest absolute Gasteiger partial charge is 0.497 e. The standard InChI is InChI=1S/C22H22N4O4/c1-14-3-8-17(30-14)19(27)25-11-9-22(13-25)10-12-26-20(28)18(23-24-21(22)26)15-4-6-16(29-2)7-5-15/h3-8H,9-13H2,1-2H3/t22-/m0/s1. The second kappa shape index (κ2) is 6.83. The van der Waals surface area contributed by atoms with Gasteiger partial charge in [-0.2, -0.15) is 0 Å². The van der Waals surface area contributed by atoms with E-state index in [-0.39, 0.29) is 16.9 Å². The number of nitrogens with zero attached hydrogens (tertiary/aromatic N) is 4. The molecule has 8 heteroatoms. The zero-order valence-corrected chi connectivity index (χ0v) is 16.9. The Kier molecular flexibility index (Phi) is 4.23. The first-order valence-electron chi connectivity index (χ1n) is 9.99. The molecule has 1 aromatic carbocycles. The molecule has 2 aromatic heterocycles. The Morgan fingerprint density at radius 2 is 1.87 bits per heavy atom. The number of aryl methyl sites for hydroxylation is 1. The highest BCUT2D eigenvalue weighted by Gasteiger charge is 2.48. The van der Waals surface area contributed by atoms with Crippen LogP contribution in [0.1, 0.15) is 35.0 Å². The number of rotatable bonds is 3. The van der Waals surface area contributed by atoms with E-state index in [4.69, 9.17) is 9.15 Å². The third kappa shape index (κ3) is 2.82. The van der Waals surface area contributed by atoms with Gasteiger partial charge in [-0.1, -0.05) is 0 Å². The van der Waals surface area contributed by atoms with Crippen LogP contribution in [0, 0.1) is 6.92 Å². The molecule has 1 atom stereocenters. The van der Waals surface area contributed by atoms with Crippen molar-refractivity contribution in [1.82, 2.24) is 19.7 Å². The summed E-state index contributed by atoms with van der Waals surface area (Å²) in [5.74, 6) is 2.33. The highest BCUT2D eigenvalue weighted by molar-refractivity contribution is 5.91. The van der Waals surface area contributed by atoms with Gasteiger partial charge in [0.05, 0.1) is 12.5 Å². The van der Waals surface area contributed by atoms with Crippen molar-refractivity contribution in [2.75, 3.05) is 20.2 Å². The van der Waals surface area contributed by atoms with E-state index in [2.05, 4.69) is 10.2 Å². The number of hydrogen-bond donors (Lipinski definition) is 0. The third-order valence-electron chi connectivity index (χ3n) is 6.19. The molecule has 0 unspecified atom stereocenters. The van der Waals surface area contributed by atoms with E-state index in [0.29, 0.717) is 48.2 Å². The average Bonchev–Trinajstić information content (AvgIpc) is 3.48. The van der Waals surface area contributed by atoms with E-state index < -0.39 is 0 Å². The number of hydrogen-bond acceptors (Lipinski definition) is 6. The normalized spacial score (nSPS) is 20.0. The maximum absolute atomic E-state index is 13.1. The number of likely N-dealkylation sites (tertiary alicyclic amines) is 1. The molecule has 0 saturated carbocycles. The Labute approximate surface area is 173 Å². The summed E-state index contributed by atoms with van der Waals surface area (Å²) in [6.45, 7) is 3.52. The summed E-state index contributed by atoms with van der Waals surface area (Å²) >= 11 is 0. The number of methoxy groups -OCH3 is 1. The van der Waals surface area contributed by atoms with Crippen LogP contribution in [0.25, 0.3) is 11.3 Å². The monoisotopic (exact) mass is 406 g/mol. The van der Waals surface area contributed by atoms with Crippen LogP contribution in [0.2, 0.25) is 0 Å². The summed E-state index contributed by atoms with van der Waals surface area (Å²) in [4.78, 5) is 27.7. The molecule has 30 heavy (non-hydrogen) atoms. The van der Waals surface area contributed by atoms with Crippen LogP contribution in [0.3, 0.4) is 0 Å². The van der Waals surface area contributed by atoms with Gasteiger partial charge in [0.1, 0.15) is 17.3 Å². The van der Waals surface area contributed by atoms with Gasteiger partial charge in [-0.15, -0.1) is 10.2 Å². The van der Waals surface area contributed by atoms with Gasteiger partial charge < -0.3 is 14.1 Å². The first-order chi connectivity index (χ1) is 14.5. The lowest BCUT2D eigenvalue weighted by molar-refractivity contribution is 0.0750. The van der Waals surface area contributed by atoms with Crippen molar-refractivity contribution in [3.8, 4) is 17.0 Å². The molecule has 154 valence electrons. The lowest BCUT2D eigenvalue weighted by Gasteiger charge is -2.22. The Morgan fingerprint density at radius 3 is 2.57 bits per heavy atom. The van der Waals surface area contributed by atoms with Crippen LogP contribution < -0.4 is 10.3 Å². The molecule has 2 aliphatic heterocycles. The van der Waals surface area contributed by atoms with Gasteiger partial charge in [0.15, 0.2) is 11.5 Å².